The monoisotopic (exact) mass is 264 g/mol. The summed E-state index contributed by atoms with van der Waals surface area (Å²) in [7, 11) is 2.13. The number of rotatable bonds is 4. The van der Waals surface area contributed by atoms with Crippen LogP contribution in [0.5, 0.6) is 0 Å². The molecular weight excluding hydrogens is 244 g/mol. The summed E-state index contributed by atoms with van der Waals surface area (Å²) in [5.41, 5.74) is 6.67. The molecule has 19 heavy (non-hydrogen) atoms. The van der Waals surface area contributed by atoms with E-state index in [1.807, 2.05) is 0 Å². The Balaban J connectivity index is 1.92. The van der Waals surface area contributed by atoms with E-state index in [0.717, 1.165) is 18.8 Å². The minimum Gasteiger partial charge on any atom is -0.393 e. The maximum atomic E-state index is 10.7. The van der Waals surface area contributed by atoms with Gasteiger partial charge in [-0.15, -0.1) is 0 Å². The van der Waals surface area contributed by atoms with Gasteiger partial charge in [-0.05, 0) is 44.5 Å². The number of nitrogens with zero attached hydrogens (tertiary/aromatic N) is 2. The van der Waals surface area contributed by atoms with E-state index in [1.54, 1.807) is 12.1 Å². The van der Waals surface area contributed by atoms with Gasteiger partial charge in [-0.1, -0.05) is 0 Å². The van der Waals surface area contributed by atoms with Crippen molar-refractivity contribution in [2.24, 2.45) is 5.92 Å². The van der Waals surface area contributed by atoms with Crippen LogP contribution in [0.2, 0.25) is 0 Å². The van der Waals surface area contributed by atoms with Gasteiger partial charge in [0.25, 0.3) is 5.69 Å². The molecule has 1 fully saturated rings. The number of nitro benzene ring substituents is 1. The van der Waals surface area contributed by atoms with Crippen LogP contribution in [-0.4, -0.2) is 36.5 Å². The van der Waals surface area contributed by atoms with E-state index in [2.05, 4.69) is 17.3 Å². The lowest BCUT2D eigenvalue weighted by molar-refractivity contribution is -0.383. The van der Waals surface area contributed by atoms with Crippen LogP contribution in [-0.2, 0) is 0 Å². The van der Waals surface area contributed by atoms with Gasteiger partial charge < -0.3 is 16.0 Å². The minimum absolute atomic E-state index is 0.0389. The number of hydrogen-bond donors (Lipinski definition) is 2. The van der Waals surface area contributed by atoms with Crippen LogP contribution in [0.4, 0.5) is 17.1 Å². The summed E-state index contributed by atoms with van der Waals surface area (Å²) in [6, 6.07) is 4.79. The molecule has 0 radical (unpaired) electrons. The third-order valence-electron chi connectivity index (χ3n) is 3.54. The molecule has 104 valence electrons. The minimum atomic E-state index is -0.463. The van der Waals surface area contributed by atoms with E-state index in [9.17, 15) is 10.1 Å². The van der Waals surface area contributed by atoms with Gasteiger partial charge >= 0.3 is 0 Å². The smallest absolute Gasteiger partial charge is 0.292 e. The average Bonchev–Trinajstić information content (AvgIpc) is 2.36. The van der Waals surface area contributed by atoms with Crippen molar-refractivity contribution in [2.45, 2.75) is 12.8 Å². The maximum Gasteiger partial charge on any atom is 0.292 e. The van der Waals surface area contributed by atoms with E-state index in [-0.39, 0.29) is 11.4 Å². The van der Waals surface area contributed by atoms with Crippen molar-refractivity contribution >= 4 is 17.1 Å². The summed E-state index contributed by atoms with van der Waals surface area (Å²) in [4.78, 5) is 12.5. The molecular formula is C13H20N4O2. The maximum absolute atomic E-state index is 10.7. The number of nitro groups is 1. The van der Waals surface area contributed by atoms with E-state index >= 15 is 0 Å². The molecule has 1 aliphatic rings. The van der Waals surface area contributed by atoms with E-state index in [1.165, 1.54) is 25.5 Å². The average molecular weight is 264 g/mol. The Morgan fingerprint density at radius 1 is 1.58 bits per heavy atom. The van der Waals surface area contributed by atoms with Gasteiger partial charge in [-0.25, -0.2) is 0 Å². The fourth-order valence-electron chi connectivity index (χ4n) is 2.53. The number of benzene rings is 1. The Kier molecular flexibility index (Phi) is 4.21. The summed E-state index contributed by atoms with van der Waals surface area (Å²) in [5.74, 6) is 0.621. The van der Waals surface area contributed by atoms with Gasteiger partial charge in [0.1, 0.15) is 5.69 Å². The Morgan fingerprint density at radius 2 is 2.37 bits per heavy atom. The second-order valence-electron chi connectivity index (χ2n) is 5.18. The lowest BCUT2D eigenvalue weighted by Crippen LogP contribution is -2.35. The molecule has 1 unspecified atom stereocenters. The van der Waals surface area contributed by atoms with Crippen molar-refractivity contribution in [1.29, 1.82) is 0 Å². The highest BCUT2D eigenvalue weighted by Crippen LogP contribution is 2.25. The van der Waals surface area contributed by atoms with Crippen LogP contribution in [0.25, 0.3) is 0 Å². The lowest BCUT2D eigenvalue weighted by Gasteiger charge is -2.29. The third kappa shape index (κ3) is 3.57. The van der Waals surface area contributed by atoms with E-state index in [0.29, 0.717) is 5.92 Å². The predicted octanol–water partition coefficient (Wildman–Crippen LogP) is 1.93. The van der Waals surface area contributed by atoms with E-state index in [4.69, 9.17) is 5.73 Å². The largest absolute Gasteiger partial charge is 0.393 e. The zero-order valence-electron chi connectivity index (χ0n) is 11.1. The molecule has 1 heterocycles. The second kappa shape index (κ2) is 5.88. The quantitative estimate of drug-likeness (QED) is 0.493. The number of nitrogens with two attached hydrogens (primary N) is 1. The number of hydrogen-bond acceptors (Lipinski definition) is 5. The summed E-state index contributed by atoms with van der Waals surface area (Å²) in [5, 5.41) is 14.0. The van der Waals surface area contributed by atoms with Crippen molar-refractivity contribution in [1.82, 2.24) is 4.90 Å². The summed E-state index contributed by atoms with van der Waals surface area (Å²) in [6.07, 6.45) is 2.45. The van der Waals surface area contributed by atoms with Gasteiger partial charge in [0.15, 0.2) is 0 Å². The Labute approximate surface area is 112 Å². The van der Waals surface area contributed by atoms with Crippen LogP contribution in [0, 0.1) is 16.0 Å². The highest BCUT2D eigenvalue weighted by Gasteiger charge is 2.17. The van der Waals surface area contributed by atoms with Crippen molar-refractivity contribution in [3.8, 4) is 0 Å². The fourth-order valence-corrected chi connectivity index (χ4v) is 2.53. The second-order valence-corrected chi connectivity index (χ2v) is 5.18. The fraction of sp³-hybridized carbons (Fsp3) is 0.538. The first kappa shape index (κ1) is 13.6. The molecule has 0 aliphatic carbocycles. The van der Waals surface area contributed by atoms with Crippen molar-refractivity contribution in [3.05, 3.63) is 28.3 Å². The molecule has 3 N–H and O–H groups in total. The van der Waals surface area contributed by atoms with Crippen molar-refractivity contribution in [2.75, 3.05) is 37.7 Å². The zero-order chi connectivity index (χ0) is 13.8. The van der Waals surface area contributed by atoms with Gasteiger partial charge in [0.2, 0.25) is 0 Å². The predicted molar refractivity (Wildman–Crippen MR) is 76.2 cm³/mol. The number of nitrogens with one attached hydrogen (secondary N) is 1. The summed E-state index contributed by atoms with van der Waals surface area (Å²) >= 11 is 0. The number of anilines is 2. The first-order valence-electron chi connectivity index (χ1n) is 6.52. The molecule has 1 saturated heterocycles. The molecule has 0 saturated carbocycles. The number of piperidine rings is 1. The molecule has 1 atom stereocenters. The molecule has 1 aromatic carbocycles. The molecule has 0 spiro atoms. The van der Waals surface area contributed by atoms with Crippen LogP contribution in [0.3, 0.4) is 0 Å². The van der Waals surface area contributed by atoms with Gasteiger partial charge in [0.05, 0.1) is 4.92 Å². The molecule has 1 aliphatic heterocycles. The van der Waals surface area contributed by atoms with Gasteiger partial charge in [0, 0.05) is 24.8 Å². The Hall–Kier alpha value is -1.82. The highest BCUT2D eigenvalue weighted by atomic mass is 16.6. The molecule has 6 heteroatoms. The lowest BCUT2D eigenvalue weighted by atomic mass is 9.98. The van der Waals surface area contributed by atoms with Crippen LogP contribution in [0.15, 0.2) is 18.2 Å². The van der Waals surface area contributed by atoms with Crippen molar-refractivity contribution < 1.29 is 4.92 Å². The van der Waals surface area contributed by atoms with Gasteiger partial charge in [-0.3, -0.25) is 10.1 Å². The molecule has 2 rings (SSSR count). The zero-order valence-corrected chi connectivity index (χ0v) is 11.1. The Bertz CT molecular complexity index is 464. The molecule has 0 amide bonds. The number of nitrogen functional groups attached to an aromatic ring is 1. The first-order valence-corrected chi connectivity index (χ1v) is 6.52. The van der Waals surface area contributed by atoms with Crippen LogP contribution in [0.1, 0.15) is 12.8 Å². The third-order valence-corrected chi connectivity index (χ3v) is 3.54. The topological polar surface area (TPSA) is 84.4 Å². The molecule has 6 nitrogen and oxygen atoms in total. The highest BCUT2D eigenvalue weighted by molar-refractivity contribution is 5.65. The van der Waals surface area contributed by atoms with Crippen LogP contribution < -0.4 is 11.1 Å². The van der Waals surface area contributed by atoms with Crippen molar-refractivity contribution in [3.63, 3.8) is 0 Å². The van der Waals surface area contributed by atoms with Crippen LogP contribution >= 0.6 is 0 Å². The Morgan fingerprint density at radius 3 is 3.00 bits per heavy atom. The first-order chi connectivity index (χ1) is 9.06. The normalized spacial score (nSPS) is 20.2. The van der Waals surface area contributed by atoms with Gasteiger partial charge in [-0.2, -0.15) is 0 Å². The molecule has 0 bridgehead atoms. The summed E-state index contributed by atoms with van der Waals surface area (Å²) in [6.45, 7) is 3.14. The molecule has 0 aromatic heterocycles. The SMILES string of the molecule is CN1CCCC(CNc2ccc([N+](=O)[O-])c(N)c2)C1. The standard InChI is InChI=1S/C13H20N4O2/c1-16-6-2-3-10(9-16)8-15-11-4-5-13(17(18)19)12(14)7-11/h4-5,7,10,15H,2-3,6,8-9,14H2,1H3. The van der Waals surface area contributed by atoms with E-state index < -0.39 is 4.92 Å². The molecule has 1 aromatic rings. The number of likely N-dealkylation sites (tertiary alicyclic amines) is 1. The summed E-state index contributed by atoms with van der Waals surface area (Å²) < 4.78 is 0.